The third kappa shape index (κ3) is 16.1. The maximum absolute atomic E-state index is 12.0. The number of hydrogen-bond donors (Lipinski definition) is 0. The first-order chi connectivity index (χ1) is 24.1. The summed E-state index contributed by atoms with van der Waals surface area (Å²) in [6.45, 7) is 13.5. The van der Waals surface area contributed by atoms with Gasteiger partial charge in [-0.1, -0.05) is 115 Å². The Morgan fingerprint density at radius 3 is 1.61 bits per heavy atom. The van der Waals surface area contributed by atoms with Crippen molar-refractivity contribution in [2.45, 2.75) is 181 Å². The predicted molar refractivity (Wildman–Crippen MR) is 214 cm³/mol. The summed E-state index contributed by atoms with van der Waals surface area (Å²) >= 11 is 1.94. The summed E-state index contributed by atoms with van der Waals surface area (Å²) in [4.78, 5) is 0. The monoisotopic (exact) mass is 711 g/mol. The van der Waals surface area contributed by atoms with Crippen molar-refractivity contribution in [1.82, 2.24) is 0 Å². The van der Waals surface area contributed by atoms with Gasteiger partial charge in [0, 0.05) is 16.7 Å². The molecule has 0 N–H and O–H groups in total. The molecule has 0 radical (unpaired) electrons. The van der Waals surface area contributed by atoms with E-state index in [9.17, 15) is 5.53 Å². The van der Waals surface area contributed by atoms with Crippen LogP contribution in [0.5, 0.6) is 0 Å². The van der Waals surface area contributed by atoms with Gasteiger partial charge in [0.05, 0.1) is 5.57 Å². The van der Waals surface area contributed by atoms with Gasteiger partial charge in [0.25, 0.3) is 0 Å². The molecule has 1 heterocycles. The number of aryl methyl sites for hydroxylation is 2. The maximum atomic E-state index is 12.0. The molecule has 1 aliphatic heterocycles. The van der Waals surface area contributed by atoms with Gasteiger partial charge in [-0.3, -0.25) is 0 Å². The molecule has 276 valence electrons. The summed E-state index contributed by atoms with van der Waals surface area (Å²) < 4.78 is 1.53. The van der Waals surface area contributed by atoms with Gasteiger partial charge in [0.1, 0.15) is 0 Å². The summed E-state index contributed by atoms with van der Waals surface area (Å²) in [6.07, 6.45) is 29.2. The van der Waals surface area contributed by atoms with Gasteiger partial charge >= 0.3 is 64.8 Å². The molecule has 0 amide bonds. The summed E-state index contributed by atoms with van der Waals surface area (Å²) in [7, 11) is 0. The number of unbranched alkanes of at least 4 members (excludes halogenated alkanes) is 11. The summed E-state index contributed by atoms with van der Waals surface area (Å²) in [5, 5.41) is 2.78. The zero-order chi connectivity index (χ0) is 35.5. The molecule has 0 atom stereocenters. The molecule has 0 aromatic heterocycles. The van der Waals surface area contributed by atoms with Crippen molar-refractivity contribution < 1.29 is 19.1 Å². The fraction of sp³-hybridized carbons (Fsp3) is 0.609. The average molecular weight is 712 g/mol. The Labute approximate surface area is 309 Å². The fourth-order valence-corrected chi connectivity index (χ4v) is 7.66. The minimum atomic E-state index is 0.945. The second-order valence-corrected chi connectivity index (χ2v) is 15.2. The SMILES string of the molecule is CCCCCCCC=CC1=C(c2cccc(CCCC)c2)[N+](=[N-])C(c2cccc(CCCC)c2)=C1CCCCC.CCC[CH2][Ni][CH2]CCC. The molecule has 2 aromatic carbocycles. The first-order valence-corrected chi connectivity index (χ1v) is 21.7. The van der Waals surface area contributed by atoms with E-state index >= 15 is 0 Å². The van der Waals surface area contributed by atoms with Gasteiger partial charge in [-0.15, -0.1) is 0 Å². The van der Waals surface area contributed by atoms with Crippen molar-refractivity contribution in [1.29, 1.82) is 0 Å². The van der Waals surface area contributed by atoms with Gasteiger partial charge < -0.3 is 5.53 Å². The van der Waals surface area contributed by atoms with Crippen molar-refractivity contribution in [2.75, 3.05) is 0 Å². The van der Waals surface area contributed by atoms with E-state index in [4.69, 9.17) is 0 Å². The summed E-state index contributed by atoms with van der Waals surface area (Å²) in [5.74, 6) is 0. The van der Waals surface area contributed by atoms with Crippen molar-refractivity contribution >= 4 is 11.4 Å². The molecule has 2 nitrogen and oxygen atoms in total. The van der Waals surface area contributed by atoms with Crippen molar-refractivity contribution in [3.63, 3.8) is 0 Å². The van der Waals surface area contributed by atoms with Crippen LogP contribution in [-0.4, -0.2) is 4.70 Å². The van der Waals surface area contributed by atoms with E-state index in [1.165, 1.54) is 134 Å². The van der Waals surface area contributed by atoms with Crippen LogP contribution in [0.4, 0.5) is 0 Å². The Morgan fingerprint density at radius 1 is 0.551 bits per heavy atom. The third-order valence-electron chi connectivity index (χ3n) is 9.27. The Bertz CT molecular complexity index is 1280. The molecule has 0 fully saturated rings. The van der Waals surface area contributed by atoms with Crippen LogP contribution in [0.25, 0.3) is 16.9 Å². The number of allylic oxidation sites excluding steroid dienone is 4. The minimum absolute atomic E-state index is 0.945. The molecule has 1 aliphatic rings. The molecular weight excluding hydrogens is 639 g/mol. The van der Waals surface area contributed by atoms with Gasteiger partial charge in [-0.05, 0) is 86.8 Å². The molecule has 0 saturated carbocycles. The molecule has 0 bridgehead atoms. The number of nitrogens with zero attached hydrogens (tertiary/aromatic N) is 2. The van der Waals surface area contributed by atoms with E-state index < -0.39 is 0 Å². The first-order valence-electron chi connectivity index (χ1n) is 20.3. The molecule has 49 heavy (non-hydrogen) atoms. The molecule has 3 heteroatoms. The van der Waals surface area contributed by atoms with E-state index in [1.807, 2.05) is 14.4 Å². The van der Waals surface area contributed by atoms with Gasteiger partial charge in [-0.2, -0.15) is 0 Å². The van der Waals surface area contributed by atoms with Gasteiger partial charge in [0.15, 0.2) is 0 Å². The van der Waals surface area contributed by atoms with Crippen molar-refractivity contribution in [3.05, 3.63) is 99.6 Å². The quantitative estimate of drug-likeness (QED) is 0.0557. The zero-order valence-corrected chi connectivity index (χ0v) is 33.5. The molecule has 0 unspecified atom stereocenters. The topological polar surface area (TPSA) is 25.3 Å². The van der Waals surface area contributed by atoms with E-state index in [2.05, 4.69) is 102 Å². The molecule has 0 saturated heterocycles. The molecule has 0 spiro atoms. The molecule has 3 rings (SSSR count). The van der Waals surface area contributed by atoms with Crippen LogP contribution in [-0.2, 0) is 27.3 Å². The van der Waals surface area contributed by atoms with Crippen LogP contribution in [0.15, 0.2) is 71.8 Å². The van der Waals surface area contributed by atoms with Crippen LogP contribution >= 0.6 is 0 Å². The standard InChI is InChI=1S/C38H54N2.2C4H9.Ni/c1-5-9-13-14-15-16-18-28-36-35(27-17-10-6-2)37(33-25-19-23-31(29-33)21-11-7-3)40(39)38(36)34-26-20-24-32(30-34)22-12-8-4;2*1-3-4-2;/h18-20,23-26,28-30H,5-17,21-22,27H2,1-4H3;2*1,3-4H2,2H3;. The van der Waals surface area contributed by atoms with E-state index in [0.29, 0.717) is 0 Å². The van der Waals surface area contributed by atoms with Crippen LogP contribution < -0.4 is 0 Å². The van der Waals surface area contributed by atoms with Gasteiger partial charge in [0.2, 0.25) is 11.4 Å². The molecule has 2 aromatic rings. The normalized spacial score (nSPS) is 13.2. The third-order valence-corrected chi connectivity index (χ3v) is 10.7. The van der Waals surface area contributed by atoms with Crippen molar-refractivity contribution in [3.8, 4) is 0 Å². The Kier molecular flexibility index (Phi) is 24.1. The van der Waals surface area contributed by atoms with Crippen LogP contribution in [0.1, 0.15) is 179 Å². The van der Waals surface area contributed by atoms with Crippen molar-refractivity contribution in [2.24, 2.45) is 0 Å². The Hall–Kier alpha value is -2.25. The van der Waals surface area contributed by atoms with Crippen LogP contribution in [0.3, 0.4) is 0 Å². The van der Waals surface area contributed by atoms with Gasteiger partial charge in [-0.25, -0.2) is 4.70 Å². The first kappa shape index (κ1) is 42.9. The summed E-state index contributed by atoms with van der Waals surface area (Å²) in [5.41, 5.74) is 21.3. The molecular formula is C46H72N2Ni. The molecule has 0 aliphatic carbocycles. The van der Waals surface area contributed by atoms with E-state index in [0.717, 1.165) is 54.6 Å². The fourth-order valence-electron chi connectivity index (χ4n) is 6.22. The predicted octanol–water partition coefficient (Wildman–Crippen LogP) is 15.5. The summed E-state index contributed by atoms with van der Waals surface area (Å²) in [6, 6.07) is 17.8. The second-order valence-electron chi connectivity index (χ2n) is 13.8. The van der Waals surface area contributed by atoms with Crippen LogP contribution in [0, 0.1) is 0 Å². The van der Waals surface area contributed by atoms with E-state index in [-0.39, 0.29) is 0 Å². The average Bonchev–Trinajstić information content (AvgIpc) is 3.40. The number of hydrogen-bond acceptors (Lipinski definition) is 0. The number of benzene rings is 2. The second kappa shape index (κ2) is 27.5. The van der Waals surface area contributed by atoms with Crippen LogP contribution in [0.2, 0.25) is 10.8 Å². The Balaban J connectivity index is 0.000000811. The van der Waals surface area contributed by atoms with E-state index in [1.54, 1.807) is 0 Å². The number of rotatable bonds is 25. The zero-order valence-electron chi connectivity index (χ0n) is 32.5. The Morgan fingerprint density at radius 2 is 1.06 bits per heavy atom.